The van der Waals surface area contributed by atoms with Crippen molar-refractivity contribution in [2.45, 2.75) is 63.6 Å². The number of rotatable bonds is 5. The first-order valence-corrected chi connectivity index (χ1v) is 10.2. The van der Waals surface area contributed by atoms with Crippen LogP contribution in [0.1, 0.15) is 46.0 Å². The van der Waals surface area contributed by atoms with Gasteiger partial charge in [-0.15, -0.1) is 0 Å². The molecule has 2 aromatic rings. The van der Waals surface area contributed by atoms with Crippen molar-refractivity contribution in [1.82, 2.24) is 14.7 Å². The molecule has 2 aliphatic heterocycles. The van der Waals surface area contributed by atoms with Gasteiger partial charge in [0.1, 0.15) is 5.82 Å². The molecule has 6 heteroatoms. The van der Waals surface area contributed by atoms with E-state index >= 15 is 0 Å². The molecule has 1 atom stereocenters. The molecule has 0 bridgehead atoms. The Labute approximate surface area is 166 Å². The van der Waals surface area contributed by atoms with E-state index in [1.165, 1.54) is 12.1 Å². The van der Waals surface area contributed by atoms with E-state index in [4.69, 9.17) is 0 Å². The van der Waals surface area contributed by atoms with Gasteiger partial charge in [-0.25, -0.2) is 4.39 Å². The molecular formula is C22H29FN4O. The Hall–Kier alpha value is -2.37. The Morgan fingerprint density at radius 3 is 2.75 bits per heavy atom. The number of hydrogen-bond donors (Lipinski definition) is 0. The highest BCUT2D eigenvalue weighted by Crippen LogP contribution is 2.47. The fraction of sp³-hybridized carbons (Fsp3) is 0.545. The van der Waals surface area contributed by atoms with E-state index in [0.29, 0.717) is 6.42 Å². The van der Waals surface area contributed by atoms with Crippen molar-refractivity contribution in [2.75, 3.05) is 18.0 Å². The number of anilines is 1. The lowest BCUT2D eigenvalue weighted by Crippen LogP contribution is -2.49. The molecule has 1 aromatic carbocycles. The summed E-state index contributed by atoms with van der Waals surface area (Å²) in [5.41, 5.74) is 0.845. The number of hydrogen-bond acceptors (Lipinski definition) is 3. The number of likely N-dealkylation sites (tertiary alicyclic amines) is 1. The number of amides is 1. The summed E-state index contributed by atoms with van der Waals surface area (Å²) < 4.78 is 15.2. The Morgan fingerprint density at radius 1 is 1.25 bits per heavy atom. The van der Waals surface area contributed by atoms with Gasteiger partial charge in [-0.2, -0.15) is 5.10 Å². The second-order valence-electron chi connectivity index (χ2n) is 8.80. The van der Waals surface area contributed by atoms with Gasteiger partial charge in [0.25, 0.3) is 0 Å². The molecule has 2 saturated heterocycles. The quantitative estimate of drug-likeness (QED) is 0.786. The van der Waals surface area contributed by atoms with E-state index in [-0.39, 0.29) is 22.8 Å². The van der Waals surface area contributed by atoms with Gasteiger partial charge in [-0.3, -0.25) is 9.48 Å². The monoisotopic (exact) mass is 384 g/mol. The highest BCUT2D eigenvalue weighted by molar-refractivity contribution is 5.78. The zero-order chi connectivity index (χ0) is 19.8. The van der Waals surface area contributed by atoms with Crippen molar-refractivity contribution in [3.05, 3.63) is 48.5 Å². The minimum atomic E-state index is -0.217. The standard InChI is InChI=1S/C22H29FN4O/c1-21(2)16-22(17-27(21)19-9-7-18(23)8-10-19)11-4-15-26(22)20(28)6-3-13-25-14-5-12-24-25/h5,7-10,12,14H,3-4,6,11,13,15-17H2,1-2H3. The lowest BCUT2D eigenvalue weighted by atomic mass is 9.87. The average Bonchev–Trinajstić information content (AvgIpc) is 3.35. The second kappa shape index (κ2) is 7.22. The van der Waals surface area contributed by atoms with E-state index in [0.717, 1.165) is 51.0 Å². The second-order valence-corrected chi connectivity index (χ2v) is 8.80. The summed E-state index contributed by atoms with van der Waals surface area (Å²) in [5, 5.41) is 4.21. The van der Waals surface area contributed by atoms with Gasteiger partial charge in [0.05, 0.1) is 5.54 Å². The molecule has 0 N–H and O–H groups in total. The molecule has 1 spiro atoms. The Bertz CT molecular complexity index is 818. The van der Waals surface area contributed by atoms with Crippen LogP contribution in [0.5, 0.6) is 0 Å². The van der Waals surface area contributed by atoms with Gasteiger partial charge in [-0.05, 0) is 69.9 Å². The van der Waals surface area contributed by atoms with Crippen LogP contribution in [-0.2, 0) is 11.3 Å². The minimum absolute atomic E-state index is 0.0737. The normalized spacial score (nSPS) is 23.7. The fourth-order valence-corrected chi connectivity index (χ4v) is 5.16. The molecule has 3 heterocycles. The number of halogens is 1. The van der Waals surface area contributed by atoms with Crippen LogP contribution >= 0.6 is 0 Å². The first-order valence-electron chi connectivity index (χ1n) is 10.2. The molecule has 1 aromatic heterocycles. The molecule has 0 aliphatic carbocycles. The summed E-state index contributed by atoms with van der Waals surface area (Å²) in [5.74, 6) is 0.0340. The van der Waals surface area contributed by atoms with E-state index in [9.17, 15) is 9.18 Å². The van der Waals surface area contributed by atoms with Gasteiger partial charge in [0.2, 0.25) is 5.91 Å². The van der Waals surface area contributed by atoms with Gasteiger partial charge in [-0.1, -0.05) is 0 Å². The maximum Gasteiger partial charge on any atom is 0.223 e. The molecule has 1 amide bonds. The van der Waals surface area contributed by atoms with Crippen molar-refractivity contribution >= 4 is 11.6 Å². The SMILES string of the molecule is CC1(C)CC2(CCCN2C(=O)CCCn2cccn2)CN1c1ccc(F)cc1. The first-order chi connectivity index (χ1) is 13.4. The Morgan fingerprint density at radius 2 is 2.04 bits per heavy atom. The van der Waals surface area contributed by atoms with Crippen LogP contribution in [0.3, 0.4) is 0 Å². The van der Waals surface area contributed by atoms with Crippen LogP contribution in [-0.4, -0.2) is 44.8 Å². The highest BCUT2D eigenvalue weighted by atomic mass is 19.1. The number of nitrogens with zero attached hydrogens (tertiary/aromatic N) is 4. The average molecular weight is 384 g/mol. The van der Waals surface area contributed by atoms with Crippen LogP contribution in [0.2, 0.25) is 0 Å². The van der Waals surface area contributed by atoms with Gasteiger partial charge in [0.15, 0.2) is 0 Å². The molecular weight excluding hydrogens is 355 g/mol. The molecule has 0 radical (unpaired) electrons. The summed E-state index contributed by atoms with van der Waals surface area (Å²) in [6, 6.07) is 8.64. The van der Waals surface area contributed by atoms with Crippen molar-refractivity contribution in [3.63, 3.8) is 0 Å². The molecule has 2 aliphatic rings. The molecule has 28 heavy (non-hydrogen) atoms. The number of carbonyl (C=O) groups excluding carboxylic acids is 1. The fourth-order valence-electron chi connectivity index (χ4n) is 5.16. The molecule has 4 rings (SSSR count). The van der Waals surface area contributed by atoms with Crippen molar-refractivity contribution in [3.8, 4) is 0 Å². The predicted octanol–water partition coefficient (Wildman–Crippen LogP) is 3.85. The minimum Gasteiger partial charge on any atom is -0.364 e. The van der Waals surface area contributed by atoms with Crippen LogP contribution in [0.4, 0.5) is 10.1 Å². The highest BCUT2D eigenvalue weighted by Gasteiger charge is 2.54. The predicted molar refractivity (Wildman–Crippen MR) is 108 cm³/mol. The van der Waals surface area contributed by atoms with Gasteiger partial charge in [0, 0.05) is 49.7 Å². The Kier molecular flexibility index (Phi) is 4.89. The van der Waals surface area contributed by atoms with E-state index in [1.54, 1.807) is 6.20 Å². The molecule has 2 fully saturated rings. The van der Waals surface area contributed by atoms with Crippen molar-refractivity contribution < 1.29 is 9.18 Å². The van der Waals surface area contributed by atoms with Crippen LogP contribution in [0.25, 0.3) is 0 Å². The summed E-state index contributed by atoms with van der Waals surface area (Å²) in [6.45, 7) is 6.88. The van der Waals surface area contributed by atoms with E-state index in [2.05, 4.69) is 28.7 Å². The zero-order valence-corrected chi connectivity index (χ0v) is 16.8. The molecule has 0 saturated carbocycles. The van der Waals surface area contributed by atoms with Crippen LogP contribution in [0.15, 0.2) is 42.7 Å². The topological polar surface area (TPSA) is 41.4 Å². The Balaban J connectivity index is 1.46. The number of carbonyl (C=O) groups is 1. The largest absolute Gasteiger partial charge is 0.364 e. The van der Waals surface area contributed by atoms with Crippen molar-refractivity contribution in [2.24, 2.45) is 0 Å². The summed E-state index contributed by atoms with van der Waals surface area (Å²) >= 11 is 0. The van der Waals surface area contributed by atoms with Gasteiger partial charge >= 0.3 is 0 Å². The molecule has 1 unspecified atom stereocenters. The summed E-state index contributed by atoms with van der Waals surface area (Å²) in [7, 11) is 0. The number of aromatic nitrogens is 2. The molecule has 5 nitrogen and oxygen atoms in total. The molecule has 150 valence electrons. The third kappa shape index (κ3) is 3.52. The van der Waals surface area contributed by atoms with Crippen molar-refractivity contribution in [1.29, 1.82) is 0 Å². The van der Waals surface area contributed by atoms with Crippen LogP contribution < -0.4 is 4.90 Å². The summed E-state index contributed by atoms with van der Waals surface area (Å²) in [4.78, 5) is 17.6. The number of benzene rings is 1. The lowest BCUT2D eigenvalue weighted by Gasteiger charge is -2.35. The maximum atomic E-state index is 13.4. The lowest BCUT2D eigenvalue weighted by molar-refractivity contribution is -0.135. The zero-order valence-electron chi connectivity index (χ0n) is 16.8. The van der Waals surface area contributed by atoms with E-state index in [1.807, 2.05) is 29.1 Å². The number of aryl methyl sites for hydroxylation is 1. The van der Waals surface area contributed by atoms with Crippen LogP contribution in [0, 0.1) is 5.82 Å². The smallest absolute Gasteiger partial charge is 0.223 e. The van der Waals surface area contributed by atoms with Gasteiger partial charge < -0.3 is 9.80 Å². The summed E-state index contributed by atoms with van der Waals surface area (Å²) in [6.07, 6.45) is 8.10. The first kappa shape index (κ1) is 19.0. The maximum absolute atomic E-state index is 13.4. The third-order valence-electron chi connectivity index (χ3n) is 6.32. The van der Waals surface area contributed by atoms with E-state index < -0.39 is 0 Å². The third-order valence-corrected chi connectivity index (χ3v) is 6.32.